The van der Waals surface area contributed by atoms with Gasteiger partial charge in [-0.05, 0) is 36.6 Å². The van der Waals surface area contributed by atoms with E-state index in [1.165, 1.54) is 0 Å². The van der Waals surface area contributed by atoms with Crippen LogP contribution in [0.4, 0.5) is 16.3 Å². The number of hydrogen-bond acceptors (Lipinski definition) is 5. The second kappa shape index (κ2) is 12.8. The highest BCUT2D eigenvalue weighted by Gasteiger charge is 2.22. The average molecular weight is 566 g/mol. The number of nitrogens with zero attached hydrogens (tertiary/aromatic N) is 3. The highest BCUT2D eigenvalue weighted by molar-refractivity contribution is 6.07. The number of methoxy groups -OCH3 is 1. The molecular formula is C34H39N5O3. The summed E-state index contributed by atoms with van der Waals surface area (Å²) in [6.45, 7) is 12.0. The lowest BCUT2D eigenvalue weighted by atomic mass is 9.92. The van der Waals surface area contributed by atoms with Crippen molar-refractivity contribution in [3.63, 3.8) is 0 Å². The number of fused-ring (bicyclic) bond motifs is 1. The standard InChI is InChI=1S/C34H39N5O3/c1-24-12-15-26(16-13-24)39-32(21-31(37-39)34(2,3)4)36-33(40)35-30-17-14-25(28-10-6-7-11-29(28)30)9-8-18-38-19-20-42-27(22-38)23-41-5/h6-7,10-17,21,27H,18-20,22-23H2,1-5H3,(H2,35,36,40). The summed E-state index contributed by atoms with van der Waals surface area (Å²) in [4.78, 5) is 15.6. The largest absolute Gasteiger partial charge is 0.382 e. The van der Waals surface area contributed by atoms with Crippen molar-refractivity contribution in [2.75, 3.05) is 50.6 Å². The van der Waals surface area contributed by atoms with Crippen molar-refractivity contribution in [3.8, 4) is 17.5 Å². The minimum atomic E-state index is -0.342. The van der Waals surface area contributed by atoms with E-state index >= 15 is 0 Å². The van der Waals surface area contributed by atoms with Crippen LogP contribution in [-0.2, 0) is 14.9 Å². The number of anilines is 2. The molecule has 1 fully saturated rings. The van der Waals surface area contributed by atoms with E-state index in [0.717, 1.165) is 46.4 Å². The van der Waals surface area contributed by atoms with Crippen molar-refractivity contribution in [2.24, 2.45) is 0 Å². The van der Waals surface area contributed by atoms with E-state index in [4.69, 9.17) is 14.6 Å². The van der Waals surface area contributed by atoms with E-state index in [1.54, 1.807) is 11.8 Å². The fourth-order valence-corrected chi connectivity index (χ4v) is 4.96. The highest BCUT2D eigenvalue weighted by atomic mass is 16.5. The smallest absolute Gasteiger partial charge is 0.324 e. The van der Waals surface area contributed by atoms with Crippen molar-refractivity contribution >= 4 is 28.3 Å². The van der Waals surface area contributed by atoms with Crippen molar-refractivity contribution in [2.45, 2.75) is 39.2 Å². The molecule has 8 nitrogen and oxygen atoms in total. The topological polar surface area (TPSA) is 80.7 Å². The predicted molar refractivity (Wildman–Crippen MR) is 169 cm³/mol. The number of ether oxygens (including phenoxy) is 2. The van der Waals surface area contributed by atoms with Crippen LogP contribution in [0.3, 0.4) is 0 Å². The first kappa shape index (κ1) is 29.3. The highest BCUT2D eigenvalue weighted by Crippen LogP contribution is 2.29. The van der Waals surface area contributed by atoms with Crippen molar-refractivity contribution in [1.82, 2.24) is 14.7 Å². The number of carbonyl (C=O) groups excluding carboxylic acids is 1. The summed E-state index contributed by atoms with van der Waals surface area (Å²) in [5, 5.41) is 12.8. The zero-order valence-electron chi connectivity index (χ0n) is 25.0. The minimum absolute atomic E-state index is 0.0819. The van der Waals surface area contributed by atoms with E-state index < -0.39 is 0 Å². The Bertz CT molecular complexity index is 1610. The molecular weight excluding hydrogens is 526 g/mol. The second-order valence-electron chi connectivity index (χ2n) is 11.7. The summed E-state index contributed by atoms with van der Waals surface area (Å²) < 4.78 is 12.8. The number of hydrogen-bond donors (Lipinski definition) is 2. The Morgan fingerprint density at radius 2 is 1.83 bits per heavy atom. The summed E-state index contributed by atoms with van der Waals surface area (Å²) in [5.41, 5.74) is 4.38. The first-order valence-corrected chi connectivity index (χ1v) is 14.3. The molecule has 218 valence electrons. The van der Waals surface area contributed by atoms with Crippen molar-refractivity contribution in [1.29, 1.82) is 0 Å². The number of morpholine rings is 1. The third-order valence-corrected chi connectivity index (χ3v) is 7.27. The van der Waals surface area contributed by atoms with Gasteiger partial charge in [-0.25, -0.2) is 9.48 Å². The fourth-order valence-electron chi connectivity index (χ4n) is 4.96. The van der Waals surface area contributed by atoms with Gasteiger partial charge in [0.25, 0.3) is 0 Å². The molecule has 2 N–H and O–H groups in total. The van der Waals surface area contributed by atoms with Crippen LogP contribution in [0.25, 0.3) is 16.5 Å². The molecule has 1 aliphatic rings. The Hall–Kier alpha value is -4.16. The molecule has 8 heteroatoms. The van der Waals surface area contributed by atoms with Gasteiger partial charge in [-0.1, -0.05) is 74.6 Å². The van der Waals surface area contributed by atoms with Gasteiger partial charge < -0.3 is 14.8 Å². The summed E-state index contributed by atoms with van der Waals surface area (Å²) in [6, 6.07) is 21.5. The number of aryl methyl sites for hydroxylation is 1. The van der Waals surface area contributed by atoms with E-state index in [2.05, 4.69) is 48.1 Å². The molecule has 1 unspecified atom stereocenters. The van der Waals surface area contributed by atoms with Crippen LogP contribution in [0.15, 0.2) is 66.7 Å². The van der Waals surface area contributed by atoms with Crippen LogP contribution >= 0.6 is 0 Å². The molecule has 4 aromatic rings. The van der Waals surface area contributed by atoms with Crippen LogP contribution in [-0.4, -0.2) is 66.8 Å². The Labute approximate surface area is 248 Å². The molecule has 42 heavy (non-hydrogen) atoms. The molecule has 1 saturated heterocycles. The molecule has 0 bridgehead atoms. The number of urea groups is 1. The maximum absolute atomic E-state index is 13.3. The van der Waals surface area contributed by atoms with Gasteiger partial charge in [0.2, 0.25) is 0 Å². The third-order valence-electron chi connectivity index (χ3n) is 7.27. The number of aromatic nitrogens is 2. The van der Waals surface area contributed by atoms with Crippen LogP contribution in [0.5, 0.6) is 0 Å². The van der Waals surface area contributed by atoms with Gasteiger partial charge in [0.1, 0.15) is 5.82 Å². The quantitative estimate of drug-likeness (QED) is 0.282. The normalized spacial score (nSPS) is 15.7. The van der Waals surface area contributed by atoms with Gasteiger partial charge in [-0.2, -0.15) is 5.10 Å². The lowest BCUT2D eigenvalue weighted by Gasteiger charge is -2.31. The average Bonchev–Trinajstić information content (AvgIpc) is 3.39. The van der Waals surface area contributed by atoms with E-state index in [9.17, 15) is 4.79 Å². The van der Waals surface area contributed by atoms with Crippen LogP contribution in [0, 0.1) is 18.8 Å². The molecule has 5 rings (SSSR count). The Morgan fingerprint density at radius 3 is 2.57 bits per heavy atom. The second-order valence-corrected chi connectivity index (χ2v) is 11.7. The van der Waals surface area contributed by atoms with E-state index in [1.807, 2.05) is 73.7 Å². The predicted octanol–water partition coefficient (Wildman–Crippen LogP) is 5.97. The zero-order valence-corrected chi connectivity index (χ0v) is 25.0. The molecule has 1 aromatic heterocycles. The molecule has 0 radical (unpaired) electrons. The van der Waals surface area contributed by atoms with Crippen molar-refractivity contribution in [3.05, 3.63) is 83.6 Å². The fraction of sp³-hybridized carbons (Fsp3) is 0.353. The summed E-state index contributed by atoms with van der Waals surface area (Å²) in [6.07, 6.45) is 0.0819. The Kier molecular flexibility index (Phi) is 8.93. The van der Waals surface area contributed by atoms with Gasteiger partial charge in [-0.15, -0.1) is 0 Å². The minimum Gasteiger partial charge on any atom is -0.382 e. The Morgan fingerprint density at radius 1 is 1.07 bits per heavy atom. The molecule has 2 amide bonds. The molecule has 0 spiro atoms. The number of benzene rings is 3. The number of amides is 2. The number of rotatable bonds is 6. The number of nitrogens with one attached hydrogen (secondary N) is 2. The first-order valence-electron chi connectivity index (χ1n) is 14.3. The van der Waals surface area contributed by atoms with Crippen molar-refractivity contribution < 1.29 is 14.3 Å². The van der Waals surface area contributed by atoms with Gasteiger partial charge in [0.15, 0.2) is 0 Å². The van der Waals surface area contributed by atoms with Gasteiger partial charge in [0.05, 0.1) is 42.9 Å². The maximum Gasteiger partial charge on any atom is 0.324 e. The van der Waals surface area contributed by atoms with E-state index in [0.29, 0.717) is 31.3 Å². The van der Waals surface area contributed by atoms with Crippen LogP contribution in [0.1, 0.15) is 37.6 Å². The zero-order chi connectivity index (χ0) is 29.7. The number of carbonyl (C=O) groups is 1. The lowest BCUT2D eigenvalue weighted by molar-refractivity contribution is -0.0575. The van der Waals surface area contributed by atoms with Gasteiger partial charge in [-0.3, -0.25) is 10.2 Å². The molecule has 1 atom stereocenters. The molecule has 0 aliphatic carbocycles. The van der Waals surface area contributed by atoms with Gasteiger partial charge in [0, 0.05) is 42.6 Å². The SMILES string of the molecule is COCC1CN(CC#Cc2ccc(NC(=O)Nc3cc(C(C)(C)C)nn3-c3ccc(C)cc3)c3ccccc23)CCO1. The van der Waals surface area contributed by atoms with Crippen LogP contribution in [0.2, 0.25) is 0 Å². The summed E-state index contributed by atoms with van der Waals surface area (Å²) in [7, 11) is 1.69. The molecule has 2 heterocycles. The third kappa shape index (κ3) is 7.00. The Balaban J connectivity index is 1.34. The van der Waals surface area contributed by atoms with Crippen LogP contribution < -0.4 is 10.6 Å². The van der Waals surface area contributed by atoms with E-state index in [-0.39, 0.29) is 17.6 Å². The summed E-state index contributed by atoms with van der Waals surface area (Å²) in [5.74, 6) is 7.27. The van der Waals surface area contributed by atoms with Gasteiger partial charge >= 0.3 is 6.03 Å². The molecule has 3 aromatic carbocycles. The molecule has 1 aliphatic heterocycles. The molecule has 0 saturated carbocycles. The first-order chi connectivity index (χ1) is 20.2. The maximum atomic E-state index is 13.3. The monoisotopic (exact) mass is 565 g/mol. The summed E-state index contributed by atoms with van der Waals surface area (Å²) >= 11 is 0. The lowest BCUT2D eigenvalue weighted by Crippen LogP contribution is -2.44.